The number of nitrogens with one attached hydrogen (secondary N) is 4. The van der Waals surface area contributed by atoms with Crippen LogP contribution in [0, 0.1) is 0 Å². The van der Waals surface area contributed by atoms with Crippen LogP contribution in [0.3, 0.4) is 0 Å². The van der Waals surface area contributed by atoms with Crippen LogP contribution in [-0.4, -0.2) is 56.0 Å². The zero-order valence-corrected chi connectivity index (χ0v) is 22.0. The average Bonchev–Trinajstić information content (AvgIpc) is 3.49. The van der Waals surface area contributed by atoms with E-state index in [4.69, 9.17) is 5.11 Å². The Labute approximate surface area is 211 Å². The van der Waals surface area contributed by atoms with Gasteiger partial charge in [-0.2, -0.15) is 0 Å². The fourth-order valence-corrected chi connectivity index (χ4v) is 3.51. The minimum Gasteiger partial charge on any atom is -0.481 e. The summed E-state index contributed by atoms with van der Waals surface area (Å²) in [6.45, 7) is 1.63. The number of hydrogen-bond donors (Lipinski definition) is 5. The molecule has 194 valence electrons. The van der Waals surface area contributed by atoms with Gasteiger partial charge in [-0.25, -0.2) is 0 Å². The molecule has 12 nitrogen and oxygen atoms in total. The summed E-state index contributed by atoms with van der Waals surface area (Å²) in [7, 11) is 9.47. The molecule has 3 aromatic heterocycles. The molecule has 13 heteroatoms. The maximum Gasteiger partial charge on any atom is 0.305 e. The van der Waals surface area contributed by atoms with E-state index in [9.17, 15) is 19.2 Å². The summed E-state index contributed by atoms with van der Waals surface area (Å²) in [5.74, 6) is -1.46. The Kier molecular flexibility index (Phi) is 9.86. The van der Waals surface area contributed by atoms with Crippen molar-refractivity contribution in [1.82, 2.24) is 19.0 Å². The molecule has 0 radical (unpaired) electrons. The molecule has 5 N–H and O–H groups in total. The number of carbonyl (C=O) groups excluding carboxylic acids is 3. The largest absolute Gasteiger partial charge is 0.481 e. The van der Waals surface area contributed by atoms with E-state index in [0.717, 1.165) is 11.4 Å². The van der Waals surface area contributed by atoms with Gasteiger partial charge in [-0.1, -0.05) is 0 Å². The zero-order valence-electron chi connectivity index (χ0n) is 20.9. The Morgan fingerprint density at radius 3 is 1.81 bits per heavy atom. The third-order valence-corrected chi connectivity index (χ3v) is 5.51. The van der Waals surface area contributed by atoms with E-state index in [1.165, 1.54) is 6.92 Å². The van der Waals surface area contributed by atoms with Gasteiger partial charge in [0.2, 0.25) is 0 Å². The normalized spacial score (nSPS) is 10.2. The number of aryl methyl sites for hydroxylation is 3. The molecule has 1 atom stereocenters. The number of amides is 2. The second kappa shape index (κ2) is 12.6. The van der Waals surface area contributed by atoms with Crippen LogP contribution in [0.25, 0.3) is 0 Å². The van der Waals surface area contributed by atoms with Crippen molar-refractivity contribution in [2.75, 3.05) is 29.3 Å². The van der Waals surface area contributed by atoms with Crippen LogP contribution in [0.5, 0.6) is 0 Å². The topological polar surface area (TPSA) is 151 Å². The van der Waals surface area contributed by atoms with Crippen molar-refractivity contribution in [2.24, 2.45) is 21.1 Å². The number of aliphatic carboxylic acids is 1. The average molecular weight is 518 g/mol. The van der Waals surface area contributed by atoms with Gasteiger partial charge in [-0.05, 0) is 27.6 Å². The molecule has 0 aliphatic rings. The number of rotatable bonds is 9. The molecule has 1 unspecified atom stereocenters. The fourth-order valence-electron chi connectivity index (χ4n) is 3.35. The molecule has 0 fully saturated rings. The quantitative estimate of drug-likeness (QED) is 0.216. The van der Waals surface area contributed by atoms with Crippen LogP contribution < -0.4 is 21.0 Å². The van der Waals surface area contributed by atoms with Crippen LogP contribution in [-0.2, 0) is 25.9 Å². The summed E-state index contributed by atoms with van der Waals surface area (Å²) in [6, 6.07) is 5.12. The van der Waals surface area contributed by atoms with E-state index in [1.54, 1.807) is 72.5 Å². The van der Waals surface area contributed by atoms with Gasteiger partial charge in [-0.15, -0.1) is 0 Å². The second-order valence-corrected chi connectivity index (χ2v) is 8.27. The van der Waals surface area contributed by atoms with Crippen molar-refractivity contribution in [3.8, 4) is 0 Å². The van der Waals surface area contributed by atoms with Crippen molar-refractivity contribution in [2.45, 2.75) is 13.3 Å². The number of carbonyl (C=O) groups is 4. The van der Waals surface area contributed by atoms with Crippen molar-refractivity contribution in [3.05, 3.63) is 53.9 Å². The summed E-state index contributed by atoms with van der Waals surface area (Å²) in [5.41, 5.74) is 3.85. The number of hydrogen-bond acceptors (Lipinski definition) is 6. The van der Waals surface area contributed by atoms with E-state index >= 15 is 0 Å². The van der Waals surface area contributed by atoms with E-state index in [1.807, 2.05) is 6.20 Å². The molecule has 0 bridgehead atoms. The summed E-state index contributed by atoms with van der Waals surface area (Å²) in [5, 5.41) is 19.6. The Morgan fingerprint density at radius 1 is 0.833 bits per heavy atom. The van der Waals surface area contributed by atoms with E-state index in [-0.39, 0.29) is 30.6 Å². The van der Waals surface area contributed by atoms with Gasteiger partial charge in [0.1, 0.15) is 11.4 Å². The third-order valence-electron chi connectivity index (χ3n) is 5.18. The first-order chi connectivity index (χ1) is 17.0. The van der Waals surface area contributed by atoms with Gasteiger partial charge in [0.15, 0.2) is 5.78 Å². The highest BCUT2D eigenvalue weighted by atomic mass is 31.0. The predicted octanol–water partition coefficient (Wildman–Crippen LogP) is 2.29. The van der Waals surface area contributed by atoms with Crippen LogP contribution in [0.4, 0.5) is 17.1 Å². The summed E-state index contributed by atoms with van der Waals surface area (Å²) >= 11 is 0. The highest BCUT2D eigenvalue weighted by Gasteiger charge is 2.14. The highest BCUT2D eigenvalue weighted by Crippen LogP contribution is 2.18. The Hall–Kier alpha value is -4.05. The van der Waals surface area contributed by atoms with Gasteiger partial charge < -0.3 is 39.8 Å². The fraction of sp³-hybridized carbons (Fsp3) is 0.304. The van der Waals surface area contributed by atoms with Crippen LogP contribution in [0.1, 0.15) is 44.8 Å². The van der Waals surface area contributed by atoms with Gasteiger partial charge in [0.25, 0.3) is 11.8 Å². The maximum atomic E-state index is 12.2. The first-order valence-corrected chi connectivity index (χ1v) is 11.5. The monoisotopic (exact) mass is 517 g/mol. The minimum absolute atomic E-state index is 0.0404. The predicted molar refractivity (Wildman–Crippen MR) is 142 cm³/mol. The van der Waals surface area contributed by atoms with Crippen molar-refractivity contribution in [3.63, 3.8) is 0 Å². The number of aromatic nitrogens is 3. The molecule has 0 aliphatic carbocycles. The molecular formula is C23H32N7O5P. The summed E-state index contributed by atoms with van der Waals surface area (Å²) in [6.07, 6.45) is 5.24. The van der Waals surface area contributed by atoms with Crippen LogP contribution in [0.2, 0.25) is 0 Å². The van der Waals surface area contributed by atoms with E-state index in [2.05, 4.69) is 30.4 Å². The van der Waals surface area contributed by atoms with Gasteiger partial charge in [0, 0.05) is 60.2 Å². The van der Waals surface area contributed by atoms with Crippen molar-refractivity contribution < 1.29 is 24.3 Å². The van der Waals surface area contributed by atoms with Gasteiger partial charge in [-0.3, -0.25) is 19.2 Å². The van der Waals surface area contributed by atoms with E-state index < -0.39 is 5.97 Å². The minimum atomic E-state index is -0.928. The number of Topliss-reactive ketones (excluding diaryl/α,β-unsaturated/α-hetero) is 1. The molecule has 0 aromatic carbocycles. The smallest absolute Gasteiger partial charge is 0.305 e. The van der Waals surface area contributed by atoms with Crippen LogP contribution in [0.15, 0.2) is 36.8 Å². The lowest BCUT2D eigenvalue weighted by atomic mass is 10.3. The standard InChI is InChI=1S/C13H17N4O2P.C10H15N3O3/c1-8(18)11-4-9(6-16(11)2)14-13(19)12-5-10(15-20)7-17(12)3;1-11-7-5-8(13(2)6-7)10(16)12-4-3-9(14)15/h4-7,15H,20H2,1-3H3,(H,14,19);5-6,11H,3-4H2,1-2H3,(H,12,16)(H,14,15). The van der Waals surface area contributed by atoms with Gasteiger partial charge in [0.05, 0.1) is 29.2 Å². The maximum absolute atomic E-state index is 12.2. The number of carboxylic acids is 1. The Bertz CT molecular complexity index is 1260. The molecule has 0 spiro atoms. The highest BCUT2D eigenvalue weighted by molar-refractivity contribution is 7.18. The van der Waals surface area contributed by atoms with E-state index in [0.29, 0.717) is 22.8 Å². The zero-order chi connectivity index (χ0) is 27.0. The van der Waals surface area contributed by atoms with Crippen molar-refractivity contribution in [1.29, 1.82) is 0 Å². The molecule has 3 heterocycles. The summed E-state index contributed by atoms with van der Waals surface area (Å²) < 4.78 is 5.11. The molecule has 0 aliphatic heterocycles. The molecule has 36 heavy (non-hydrogen) atoms. The molecule has 3 rings (SSSR count). The lowest BCUT2D eigenvalue weighted by Gasteiger charge is -2.03. The third kappa shape index (κ3) is 7.47. The van der Waals surface area contributed by atoms with Crippen LogP contribution >= 0.6 is 9.39 Å². The SMILES string of the molecule is CC(=O)c1cc(NC(=O)c2cc(NP)cn2C)cn1C.CNc1cc(C(=O)NCCC(=O)O)n(C)c1. The molecule has 0 saturated heterocycles. The Morgan fingerprint density at radius 2 is 1.33 bits per heavy atom. The molecule has 3 aromatic rings. The Balaban J connectivity index is 0.000000261. The van der Waals surface area contributed by atoms with Crippen molar-refractivity contribution >= 4 is 50.0 Å². The number of anilines is 3. The molecule has 0 saturated carbocycles. The number of ketones is 1. The summed E-state index contributed by atoms with van der Waals surface area (Å²) in [4.78, 5) is 45.5. The first kappa shape index (κ1) is 28.2. The molecule has 2 amide bonds. The first-order valence-electron chi connectivity index (χ1n) is 10.9. The number of nitrogens with zero attached hydrogens (tertiary/aromatic N) is 3. The lowest BCUT2D eigenvalue weighted by Crippen LogP contribution is -2.27. The number of carboxylic acid groups (broad SMARTS) is 1. The molecular weight excluding hydrogens is 485 g/mol. The lowest BCUT2D eigenvalue weighted by molar-refractivity contribution is -0.136. The van der Waals surface area contributed by atoms with Gasteiger partial charge >= 0.3 is 5.97 Å². The second-order valence-electron chi connectivity index (χ2n) is 7.98.